The minimum atomic E-state index is -3.75. The summed E-state index contributed by atoms with van der Waals surface area (Å²) >= 11 is 0. The molecular weight excluding hydrogens is 372 g/mol. The highest BCUT2D eigenvalue weighted by atomic mass is 32.2. The van der Waals surface area contributed by atoms with Crippen molar-refractivity contribution in [1.29, 1.82) is 0 Å². The van der Waals surface area contributed by atoms with Crippen molar-refractivity contribution in [3.8, 4) is 0 Å². The molecule has 152 valence electrons. The number of nitrogens with zero attached hydrogens (tertiary/aromatic N) is 1. The molecule has 1 aliphatic heterocycles. The standard InChI is InChI=1S/C18H28N2O6S/c1-17(2,27(23,24)13-6-5-9-25-11-13)16(22)19-15-10-14(20-26-15)18(12-21)7-3-4-8-18/h10,13,21H,3-9,11-12H2,1-2H3,(H,19,22). The Morgan fingerprint density at radius 2 is 2.07 bits per heavy atom. The first-order valence-electron chi connectivity index (χ1n) is 9.44. The molecule has 0 aromatic carbocycles. The van der Waals surface area contributed by atoms with Gasteiger partial charge in [-0.3, -0.25) is 10.1 Å². The second kappa shape index (κ2) is 7.52. The van der Waals surface area contributed by atoms with Crippen molar-refractivity contribution in [3.05, 3.63) is 11.8 Å². The van der Waals surface area contributed by atoms with Crippen LogP contribution in [0.5, 0.6) is 0 Å². The monoisotopic (exact) mass is 400 g/mol. The lowest BCUT2D eigenvalue weighted by molar-refractivity contribution is -0.118. The van der Waals surface area contributed by atoms with E-state index in [1.165, 1.54) is 13.8 Å². The number of aliphatic hydroxyl groups is 1. The molecule has 2 N–H and O–H groups in total. The van der Waals surface area contributed by atoms with E-state index in [4.69, 9.17) is 9.26 Å². The highest BCUT2D eigenvalue weighted by Gasteiger charge is 2.47. The zero-order valence-electron chi connectivity index (χ0n) is 15.9. The van der Waals surface area contributed by atoms with E-state index in [9.17, 15) is 18.3 Å². The molecule has 1 aromatic heterocycles. The Bertz CT molecular complexity index is 774. The van der Waals surface area contributed by atoms with Gasteiger partial charge in [0.15, 0.2) is 9.84 Å². The number of aromatic nitrogens is 1. The molecule has 1 unspecified atom stereocenters. The third kappa shape index (κ3) is 3.64. The van der Waals surface area contributed by atoms with Gasteiger partial charge in [-0.2, -0.15) is 0 Å². The molecule has 2 aliphatic rings. The summed E-state index contributed by atoms with van der Waals surface area (Å²) in [6.07, 6.45) is 4.78. The molecule has 1 atom stereocenters. The summed E-state index contributed by atoms with van der Waals surface area (Å²) in [7, 11) is -3.75. The van der Waals surface area contributed by atoms with Crippen molar-refractivity contribution in [2.24, 2.45) is 0 Å². The van der Waals surface area contributed by atoms with Crippen molar-refractivity contribution >= 4 is 21.6 Å². The maximum absolute atomic E-state index is 12.9. The van der Waals surface area contributed by atoms with Crippen molar-refractivity contribution < 1.29 is 27.6 Å². The van der Waals surface area contributed by atoms with E-state index in [0.29, 0.717) is 25.1 Å². The Morgan fingerprint density at radius 1 is 1.37 bits per heavy atom. The molecule has 1 aliphatic carbocycles. The maximum atomic E-state index is 12.9. The van der Waals surface area contributed by atoms with Gasteiger partial charge in [-0.15, -0.1) is 0 Å². The first-order chi connectivity index (χ1) is 12.7. The number of aliphatic hydroxyl groups excluding tert-OH is 1. The summed E-state index contributed by atoms with van der Waals surface area (Å²) < 4.78 is 34.7. The molecule has 1 amide bonds. The second-order valence-corrected chi connectivity index (χ2v) is 10.8. The summed E-state index contributed by atoms with van der Waals surface area (Å²) in [4.78, 5) is 12.7. The van der Waals surface area contributed by atoms with Gasteiger partial charge >= 0.3 is 0 Å². The first kappa shape index (κ1) is 20.3. The number of sulfone groups is 1. The highest BCUT2D eigenvalue weighted by molar-refractivity contribution is 7.94. The average molecular weight is 400 g/mol. The summed E-state index contributed by atoms with van der Waals surface area (Å²) in [5.41, 5.74) is 0.159. The van der Waals surface area contributed by atoms with Crippen molar-refractivity contribution in [2.45, 2.75) is 67.8 Å². The van der Waals surface area contributed by atoms with E-state index < -0.39 is 31.2 Å². The number of rotatable bonds is 6. The summed E-state index contributed by atoms with van der Waals surface area (Å²) in [5, 5.41) is 15.6. The molecule has 9 heteroatoms. The zero-order chi connectivity index (χ0) is 19.7. The van der Waals surface area contributed by atoms with E-state index in [2.05, 4.69) is 10.5 Å². The Balaban J connectivity index is 1.74. The quantitative estimate of drug-likeness (QED) is 0.747. The van der Waals surface area contributed by atoms with Crippen LogP contribution in [0.1, 0.15) is 58.1 Å². The van der Waals surface area contributed by atoms with Gasteiger partial charge < -0.3 is 14.4 Å². The number of carbonyl (C=O) groups excluding carboxylic acids is 1. The van der Waals surface area contributed by atoms with Gasteiger partial charge in [0, 0.05) is 18.1 Å². The lowest BCUT2D eigenvalue weighted by Crippen LogP contribution is -2.50. The van der Waals surface area contributed by atoms with Crippen LogP contribution in [0.4, 0.5) is 5.88 Å². The fourth-order valence-corrected chi connectivity index (χ4v) is 5.79. The number of amides is 1. The van der Waals surface area contributed by atoms with Crippen molar-refractivity contribution in [1.82, 2.24) is 5.16 Å². The van der Waals surface area contributed by atoms with Crippen LogP contribution < -0.4 is 5.32 Å². The van der Waals surface area contributed by atoms with Crippen LogP contribution >= 0.6 is 0 Å². The second-order valence-electron chi connectivity index (χ2n) is 8.07. The molecule has 0 spiro atoms. The van der Waals surface area contributed by atoms with Crippen LogP contribution in [0.15, 0.2) is 10.6 Å². The molecule has 1 aromatic rings. The predicted octanol–water partition coefficient (Wildman–Crippen LogP) is 1.79. The topological polar surface area (TPSA) is 119 Å². The molecule has 0 radical (unpaired) electrons. The lowest BCUT2D eigenvalue weighted by Gasteiger charge is -2.30. The Morgan fingerprint density at radius 3 is 2.67 bits per heavy atom. The molecular formula is C18H28N2O6S. The Kier molecular flexibility index (Phi) is 5.65. The van der Waals surface area contributed by atoms with E-state index in [1.54, 1.807) is 6.07 Å². The molecule has 2 heterocycles. The Hall–Kier alpha value is -1.45. The van der Waals surface area contributed by atoms with Crippen LogP contribution in [-0.2, 0) is 24.8 Å². The minimum Gasteiger partial charge on any atom is -0.395 e. The molecule has 1 saturated carbocycles. The van der Waals surface area contributed by atoms with Crippen LogP contribution in [-0.4, -0.2) is 54.4 Å². The number of nitrogens with one attached hydrogen (secondary N) is 1. The minimum absolute atomic E-state index is 0.0333. The largest absolute Gasteiger partial charge is 0.395 e. The number of ether oxygens (including phenoxy) is 1. The smallest absolute Gasteiger partial charge is 0.247 e. The van der Waals surface area contributed by atoms with Gasteiger partial charge in [-0.25, -0.2) is 8.42 Å². The molecule has 8 nitrogen and oxygen atoms in total. The first-order valence-corrected chi connectivity index (χ1v) is 11.0. The van der Waals surface area contributed by atoms with Gasteiger partial charge in [-0.05, 0) is 39.5 Å². The van der Waals surface area contributed by atoms with Crippen LogP contribution in [0.3, 0.4) is 0 Å². The Labute approximate surface area is 159 Å². The summed E-state index contributed by atoms with van der Waals surface area (Å²) in [5.74, 6) is -0.571. The van der Waals surface area contributed by atoms with Gasteiger partial charge in [-0.1, -0.05) is 18.0 Å². The molecule has 2 fully saturated rings. The normalized spacial score (nSPS) is 23.3. The van der Waals surface area contributed by atoms with Gasteiger partial charge in [0.1, 0.15) is 4.75 Å². The van der Waals surface area contributed by atoms with E-state index in [1.807, 2.05) is 0 Å². The zero-order valence-corrected chi connectivity index (χ0v) is 16.7. The van der Waals surface area contributed by atoms with Crippen LogP contribution in [0.25, 0.3) is 0 Å². The van der Waals surface area contributed by atoms with Gasteiger partial charge in [0.05, 0.1) is 24.2 Å². The van der Waals surface area contributed by atoms with Crippen LogP contribution in [0.2, 0.25) is 0 Å². The van der Waals surface area contributed by atoms with Gasteiger partial charge in [0.25, 0.3) is 0 Å². The number of anilines is 1. The molecule has 27 heavy (non-hydrogen) atoms. The fraction of sp³-hybridized carbons (Fsp3) is 0.778. The number of carbonyl (C=O) groups is 1. The average Bonchev–Trinajstić information content (AvgIpc) is 3.32. The van der Waals surface area contributed by atoms with E-state index in [0.717, 1.165) is 25.7 Å². The summed E-state index contributed by atoms with van der Waals surface area (Å²) in [6, 6.07) is 1.59. The van der Waals surface area contributed by atoms with Gasteiger partial charge in [0.2, 0.25) is 11.8 Å². The highest BCUT2D eigenvalue weighted by Crippen LogP contribution is 2.41. The maximum Gasteiger partial charge on any atom is 0.247 e. The summed E-state index contributed by atoms with van der Waals surface area (Å²) in [6.45, 7) is 3.43. The number of hydrogen-bond acceptors (Lipinski definition) is 7. The fourth-order valence-electron chi connectivity index (χ4n) is 3.90. The third-order valence-corrected chi connectivity index (χ3v) is 8.83. The van der Waals surface area contributed by atoms with Crippen molar-refractivity contribution in [3.63, 3.8) is 0 Å². The lowest BCUT2D eigenvalue weighted by atomic mass is 9.84. The number of hydrogen-bond donors (Lipinski definition) is 2. The van der Waals surface area contributed by atoms with E-state index in [-0.39, 0.29) is 19.1 Å². The molecule has 0 bridgehead atoms. The molecule has 1 saturated heterocycles. The van der Waals surface area contributed by atoms with E-state index >= 15 is 0 Å². The SMILES string of the molecule is CC(C)(C(=O)Nc1cc(C2(CO)CCCC2)no1)S(=O)(=O)C1CCCOC1. The van der Waals surface area contributed by atoms with Crippen molar-refractivity contribution in [2.75, 3.05) is 25.1 Å². The predicted molar refractivity (Wildman–Crippen MR) is 99.2 cm³/mol. The third-order valence-electron chi connectivity index (χ3n) is 5.97. The molecule has 3 rings (SSSR count). The van der Waals surface area contributed by atoms with Crippen LogP contribution in [0, 0.1) is 0 Å².